The van der Waals surface area contributed by atoms with Gasteiger partial charge in [-0.15, -0.1) is 0 Å². The van der Waals surface area contributed by atoms with Crippen molar-refractivity contribution in [3.63, 3.8) is 0 Å². The monoisotopic (exact) mass is 309 g/mol. The number of hydrogen-bond donors (Lipinski definition) is 0. The molecule has 0 unspecified atom stereocenters. The first-order valence-corrected chi connectivity index (χ1v) is 9.20. The first-order valence-electron chi connectivity index (χ1n) is 7.79. The Kier molecular flexibility index (Phi) is 4.08. The zero-order chi connectivity index (χ0) is 14.9. The molecule has 3 rings (SSSR count). The number of aryl methyl sites for hydroxylation is 1. The van der Waals surface area contributed by atoms with E-state index >= 15 is 0 Å². The van der Waals surface area contributed by atoms with Crippen LogP contribution in [0.15, 0.2) is 29.2 Å². The SMILES string of the molecule is Cc1ccc(S(=O)(=O)OC2(N3CCCCC3)CCC2)cc1. The normalized spacial score (nSPS) is 22.7. The van der Waals surface area contributed by atoms with Crippen molar-refractivity contribution in [2.45, 2.75) is 56.1 Å². The Balaban J connectivity index is 1.81. The molecule has 1 saturated heterocycles. The first-order chi connectivity index (χ1) is 10.0. The van der Waals surface area contributed by atoms with E-state index in [-0.39, 0.29) is 4.90 Å². The van der Waals surface area contributed by atoms with Crippen molar-refractivity contribution in [1.82, 2.24) is 4.90 Å². The van der Waals surface area contributed by atoms with Crippen LogP contribution in [0.3, 0.4) is 0 Å². The van der Waals surface area contributed by atoms with Crippen LogP contribution < -0.4 is 0 Å². The molecule has 0 N–H and O–H groups in total. The third-order valence-corrected chi connectivity index (χ3v) is 6.02. The van der Waals surface area contributed by atoms with E-state index in [4.69, 9.17) is 4.18 Å². The average Bonchev–Trinajstić information content (AvgIpc) is 2.44. The molecule has 21 heavy (non-hydrogen) atoms. The zero-order valence-electron chi connectivity index (χ0n) is 12.5. The molecule has 1 aliphatic heterocycles. The van der Waals surface area contributed by atoms with Gasteiger partial charge < -0.3 is 0 Å². The van der Waals surface area contributed by atoms with Gasteiger partial charge in [0.25, 0.3) is 10.1 Å². The third-order valence-electron chi connectivity index (χ3n) is 4.64. The van der Waals surface area contributed by atoms with Crippen LogP contribution >= 0.6 is 0 Å². The Hall–Kier alpha value is -0.910. The summed E-state index contributed by atoms with van der Waals surface area (Å²) >= 11 is 0. The second-order valence-electron chi connectivity index (χ2n) is 6.20. The van der Waals surface area contributed by atoms with Gasteiger partial charge >= 0.3 is 0 Å². The van der Waals surface area contributed by atoms with Gasteiger partial charge in [-0.3, -0.25) is 4.90 Å². The molecule has 2 aliphatic rings. The Morgan fingerprint density at radius 2 is 1.62 bits per heavy atom. The highest BCUT2D eigenvalue weighted by molar-refractivity contribution is 7.86. The molecule has 0 amide bonds. The molecule has 116 valence electrons. The van der Waals surface area contributed by atoms with Crippen LogP contribution in [0, 0.1) is 6.92 Å². The molecule has 0 spiro atoms. The van der Waals surface area contributed by atoms with Gasteiger partial charge in [-0.05, 0) is 51.2 Å². The fourth-order valence-electron chi connectivity index (χ4n) is 3.19. The summed E-state index contributed by atoms with van der Waals surface area (Å²) in [6.45, 7) is 3.84. The van der Waals surface area contributed by atoms with Crippen molar-refractivity contribution in [1.29, 1.82) is 0 Å². The molecule has 1 aromatic rings. The number of likely N-dealkylation sites (tertiary alicyclic amines) is 1. The van der Waals surface area contributed by atoms with Gasteiger partial charge in [0.1, 0.15) is 5.72 Å². The van der Waals surface area contributed by atoms with Crippen molar-refractivity contribution >= 4 is 10.1 Å². The highest BCUT2D eigenvalue weighted by Gasteiger charge is 2.47. The first kappa shape index (κ1) is 15.0. The van der Waals surface area contributed by atoms with Gasteiger partial charge in [0.2, 0.25) is 0 Å². The lowest BCUT2D eigenvalue weighted by molar-refractivity contribution is -0.143. The summed E-state index contributed by atoms with van der Waals surface area (Å²) in [7, 11) is -3.69. The molecule has 0 bridgehead atoms. The minimum Gasteiger partial charge on any atom is -0.275 e. The third kappa shape index (κ3) is 3.00. The molecule has 1 heterocycles. The summed E-state index contributed by atoms with van der Waals surface area (Å²) in [5.41, 5.74) is 0.466. The van der Waals surface area contributed by atoms with Crippen molar-refractivity contribution in [3.05, 3.63) is 29.8 Å². The average molecular weight is 309 g/mol. The minimum absolute atomic E-state index is 0.261. The van der Waals surface area contributed by atoms with Crippen LogP contribution in [0.5, 0.6) is 0 Å². The highest BCUT2D eigenvalue weighted by Crippen LogP contribution is 2.42. The van der Waals surface area contributed by atoms with E-state index in [2.05, 4.69) is 4.90 Å². The molecule has 0 radical (unpaired) electrons. The summed E-state index contributed by atoms with van der Waals surface area (Å²) in [5.74, 6) is 0. The zero-order valence-corrected chi connectivity index (χ0v) is 13.4. The van der Waals surface area contributed by atoms with Gasteiger partial charge in [0.15, 0.2) is 0 Å². The highest BCUT2D eigenvalue weighted by atomic mass is 32.2. The van der Waals surface area contributed by atoms with Gasteiger partial charge in [-0.25, -0.2) is 4.18 Å². The summed E-state index contributed by atoms with van der Waals surface area (Å²) < 4.78 is 30.8. The van der Waals surface area contributed by atoms with Gasteiger partial charge in [0.05, 0.1) is 4.90 Å². The van der Waals surface area contributed by atoms with Crippen LogP contribution in [-0.2, 0) is 14.3 Å². The van der Waals surface area contributed by atoms with E-state index in [1.165, 1.54) is 6.42 Å². The molecular formula is C16H23NO3S. The standard InChI is InChI=1S/C16H23NO3S/c1-14-6-8-15(9-7-14)21(18,19)20-16(10-5-11-16)17-12-3-2-4-13-17/h6-9H,2-5,10-13H2,1H3. The molecule has 1 aliphatic carbocycles. The van der Waals surface area contributed by atoms with Crippen LogP contribution in [0.25, 0.3) is 0 Å². The van der Waals surface area contributed by atoms with E-state index in [1.807, 2.05) is 19.1 Å². The van der Waals surface area contributed by atoms with E-state index in [0.717, 1.165) is 50.8 Å². The second-order valence-corrected chi connectivity index (χ2v) is 7.74. The molecule has 0 atom stereocenters. The maximum atomic E-state index is 12.5. The molecule has 1 aromatic carbocycles. The van der Waals surface area contributed by atoms with Gasteiger partial charge in [-0.1, -0.05) is 24.1 Å². The summed E-state index contributed by atoms with van der Waals surface area (Å²) in [5, 5.41) is 0. The van der Waals surface area contributed by atoms with E-state index < -0.39 is 15.8 Å². The van der Waals surface area contributed by atoms with Crippen LogP contribution in [0.1, 0.15) is 44.1 Å². The Morgan fingerprint density at radius 3 is 2.14 bits per heavy atom. The smallest absolute Gasteiger partial charge is 0.275 e. The lowest BCUT2D eigenvalue weighted by Gasteiger charge is -2.50. The molecule has 5 heteroatoms. The summed E-state index contributed by atoms with van der Waals surface area (Å²) in [4.78, 5) is 2.50. The topological polar surface area (TPSA) is 46.6 Å². The second kappa shape index (κ2) is 5.71. The molecule has 2 fully saturated rings. The lowest BCUT2D eigenvalue weighted by atomic mass is 9.85. The van der Waals surface area contributed by atoms with Crippen LogP contribution in [0.4, 0.5) is 0 Å². The maximum Gasteiger partial charge on any atom is 0.298 e. The van der Waals surface area contributed by atoms with Crippen molar-refractivity contribution in [3.8, 4) is 0 Å². The Labute approximate surface area is 127 Å². The Morgan fingerprint density at radius 1 is 1.00 bits per heavy atom. The van der Waals surface area contributed by atoms with Crippen LogP contribution in [-0.4, -0.2) is 32.1 Å². The molecule has 0 aromatic heterocycles. The Bertz CT molecular complexity index is 584. The maximum absolute atomic E-state index is 12.5. The summed E-state index contributed by atoms with van der Waals surface area (Å²) in [6, 6.07) is 6.88. The fraction of sp³-hybridized carbons (Fsp3) is 0.625. The quantitative estimate of drug-likeness (QED) is 0.802. The number of nitrogens with zero attached hydrogens (tertiary/aromatic N) is 1. The number of rotatable bonds is 4. The van der Waals surface area contributed by atoms with Crippen LogP contribution in [0.2, 0.25) is 0 Å². The molecular weight excluding hydrogens is 286 g/mol. The number of piperidine rings is 1. The molecule has 1 saturated carbocycles. The lowest BCUT2D eigenvalue weighted by Crippen LogP contribution is -2.58. The summed E-state index contributed by atoms with van der Waals surface area (Å²) in [6.07, 6.45) is 6.18. The van der Waals surface area contributed by atoms with Gasteiger partial charge in [0, 0.05) is 13.1 Å². The largest absolute Gasteiger partial charge is 0.298 e. The van der Waals surface area contributed by atoms with Gasteiger partial charge in [-0.2, -0.15) is 8.42 Å². The number of hydrogen-bond acceptors (Lipinski definition) is 4. The number of benzene rings is 1. The minimum atomic E-state index is -3.69. The van der Waals surface area contributed by atoms with E-state index in [0.29, 0.717) is 0 Å². The predicted molar refractivity (Wildman–Crippen MR) is 81.5 cm³/mol. The molecule has 4 nitrogen and oxygen atoms in total. The van der Waals surface area contributed by atoms with E-state index in [1.54, 1.807) is 12.1 Å². The predicted octanol–water partition coefficient (Wildman–Crippen LogP) is 3.07. The van der Waals surface area contributed by atoms with Crippen molar-refractivity contribution < 1.29 is 12.6 Å². The fourth-order valence-corrected chi connectivity index (χ4v) is 4.44. The van der Waals surface area contributed by atoms with Crippen molar-refractivity contribution in [2.75, 3.05) is 13.1 Å². The van der Waals surface area contributed by atoms with E-state index in [9.17, 15) is 8.42 Å². The van der Waals surface area contributed by atoms with Crippen molar-refractivity contribution in [2.24, 2.45) is 0 Å².